The Bertz CT molecular complexity index is 1800. The number of aromatic nitrogens is 4. The molecule has 1 fully saturated rings. The van der Waals surface area contributed by atoms with Crippen molar-refractivity contribution in [3.8, 4) is 11.4 Å². The monoisotopic (exact) mass is 553 g/mol. The van der Waals surface area contributed by atoms with Gasteiger partial charge in [-0.05, 0) is 54.8 Å². The van der Waals surface area contributed by atoms with Crippen molar-refractivity contribution in [2.75, 3.05) is 13.1 Å². The number of likely N-dealkylation sites (tertiary alicyclic amines) is 1. The zero-order valence-corrected chi connectivity index (χ0v) is 21.9. The number of hydrogen-bond acceptors (Lipinski definition) is 7. The summed E-state index contributed by atoms with van der Waals surface area (Å²) in [7, 11) is 0. The number of allylic oxidation sites excluding steroid dienone is 3. The minimum Gasteiger partial charge on any atom is -0.507 e. The van der Waals surface area contributed by atoms with Crippen molar-refractivity contribution in [1.82, 2.24) is 24.0 Å². The number of imidazole rings is 1. The van der Waals surface area contributed by atoms with Crippen LogP contribution in [0.15, 0.2) is 77.9 Å². The normalized spacial score (nSPS) is 19.0. The van der Waals surface area contributed by atoms with E-state index in [9.17, 15) is 29.7 Å². The molecular weight excluding hydrogens is 526 g/mol. The van der Waals surface area contributed by atoms with E-state index in [2.05, 4.69) is 14.9 Å². The van der Waals surface area contributed by atoms with Crippen molar-refractivity contribution < 1.29 is 24.9 Å². The number of fused-ring (bicyclic) bond motifs is 1. The van der Waals surface area contributed by atoms with Gasteiger partial charge in [-0.2, -0.15) is 0 Å². The molecule has 3 aromatic heterocycles. The Morgan fingerprint density at radius 2 is 1.90 bits per heavy atom. The van der Waals surface area contributed by atoms with E-state index in [0.29, 0.717) is 60.6 Å². The second-order valence-electron chi connectivity index (χ2n) is 10.3. The molecule has 3 N–H and O–H groups in total. The molecule has 1 aliphatic heterocycles. The van der Waals surface area contributed by atoms with Crippen molar-refractivity contribution in [2.45, 2.75) is 25.4 Å². The highest BCUT2D eigenvalue weighted by Crippen LogP contribution is 2.33. The van der Waals surface area contributed by atoms with Crippen LogP contribution in [0.4, 0.5) is 0 Å². The number of carbonyl (C=O) groups is 2. The van der Waals surface area contributed by atoms with Gasteiger partial charge in [0.1, 0.15) is 5.75 Å². The molecular formula is C30H27N5O6. The van der Waals surface area contributed by atoms with Crippen LogP contribution >= 0.6 is 0 Å². The molecule has 6 rings (SSSR count). The Morgan fingerprint density at radius 1 is 1.05 bits per heavy atom. The predicted molar refractivity (Wildman–Crippen MR) is 150 cm³/mol. The highest BCUT2D eigenvalue weighted by Gasteiger charge is 2.29. The minimum atomic E-state index is -1.00. The predicted octanol–water partition coefficient (Wildman–Crippen LogP) is 3.48. The van der Waals surface area contributed by atoms with Crippen LogP contribution in [-0.4, -0.2) is 64.3 Å². The summed E-state index contributed by atoms with van der Waals surface area (Å²) in [5, 5.41) is 29.4. The van der Waals surface area contributed by atoms with E-state index in [0.717, 1.165) is 5.57 Å². The molecule has 2 aliphatic rings. The lowest BCUT2D eigenvalue weighted by atomic mass is 9.92. The standard InChI is InChI=1S/C30H27N5O6/c36-26-15-22(7-8-24(26)18-3-5-19(6-4-18)28(37)38)34-25-2-1-11-32-27(25)35(30(34)41)23-10-13-33(17-23)16-21-14-20(29(39)40)9-12-31-21/h1-5,7-9,11-12,14-15,19,23,36H,6,10,13,16-17H2,(H,37,38)(H,39,40)/t19?,23-/m0/s1. The third-order valence-corrected chi connectivity index (χ3v) is 7.66. The van der Waals surface area contributed by atoms with Gasteiger partial charge in [-0.1, -0.05) is 18.2 Å². The van der Waals surface area contributed by atoms with E-state index in [1.165, 1.54) is 22.9 Å². The van der Waals surface area contributed by atoms with E-state index in [1.807, 2.05) is 6.07 Å². The van der Waals surface area contributed by atoms with Gasteiger partial charge in [0.05, 0.1) is 34.4 Å². The third kappa shape index (κ3) is 4.91. The zero-order chi connectivity index (χ0) is 28.7. The summed E-state index contributed by atoms with van der Waals surface area (Å²) in [5.74, 6) is -2.51. The Labute approximate surface area is 233 Å². The van der Waals surface area contributed by atoms with Gasteiger partial charge in [-0.3, -0.25) is 23.8 Å². The van der Waals surface area contributed by atoms with Gasteiger partial charge in [0, 0.05) is 43.7 Å². The van der Waals surface area contributed by atoms with Crippen LogP contribution in [0.2, 0.25) is 0 Å². The average Bonchev–Trinajstić information content (AvgIpc) is 3.54. The summed E-state index contributed by atoms with van der Waals surface area (Å²) in [6.07, 6.45) is 9.26. The highest BCUT2D eigenvalue weighted by molar-refractivity contribution is 5.87. The number of carboxylic acids is 2. The molecule has 1 aliphatic carbocycles. The molecule has 0 bridgehead atoms. The number of aromatic carboxylic acids is 1. The van der Waals surface area contributed by atoms with Crippen molar-refractivity contribution in [1.29, 1.82) is 0 Å². The number of pyridine rings is 2. The van der Waals surface area contributed by atoms with Gasteiger partial charge < -0.3 is 15.3 Å². The first-order valence-electron chi connectivity index (χ1n) is 13.2. The quantitative estimate of drug-likeness (QED) is 0.312. The first-order valence-corrected chi connectivity index (χ1v) is 13.2. The van der Waals surface area contributed by atoms with E-state index in [1.54, 1.807) is 53.3 Å². The molecule has 0 radical (unpaired) electrons. The number of phenols is 1. The minimum absolute atomic E-state index is 0.0213. The fourth-order valence-corrected chi connectivity index (χ4v) is 5.63. The lowest BCUT2D eigenvalue weighted by Crippen LogP contribution is -2.29. The molecule has 0 amide bonds. The molecule has 4 heterocycles. The smallest absolute Gasteiger partial charge is 0.335 e. The van der Waals surface area contributed by atoms with Gasteiger partial charge in [0.2, 0.25) is 0 Å². The Kier molecular flexibility index (Phi) is 6.72. The van der Waals surface area contributed by atoms with Crippen molar-refractivity contribution in [3.05, 3.63) is 100 Å². The molecule has 208 valence electrons. The Hall–Kier alpha value is -5.03. The summed E-state index contributed by atoms with van der Waals surface area (Å²) in [5.41, 5.74) is 3.47. The van der Waals surface area contributed by atoms with Crippen LogP contribution in [0.5, 0.6) is 5.75 Å². The van der Waals surface area contributed by atoms with Crippen LogP contribution in [-0.2, 0) is 11.3 Å². The van der Waals surface area contributed by atoms with Crippen LogP contribution in [0, 0.1) is 5.92 Å². The molecule has 11 heteroatoms. The maximum Gasteiger partial charge on any atom is 0.335 e. The number of rotatable bonds is 7. The Morgan fingerprint density at radius 3 is 2.63 bits per heavy atom. The second kappa shape index (κ2) is 10.5. The van der Waals surface area contributed by atoms with E-state index in [-0.39, 0.29) is 23.0 Å². The summed E-state index contributed by atoms with van der Waals surface area (Å²) >= 11 is 0. The largest absolute Gasteiger partial charge is 0.507 e. The van der Waals surface area contributed by atoms with E-state index < -0.39 is 17.9 Å². The van der Waals surface area contributed by atoms with Crippen molar-refractivity contribution in [2.24, 2.45) is 5.92 Å². The molecule has 11 nitrogen and oxygen atoms in total. The average molecular weight is 554 g/mol. The van der Waals surface area contributed by atoms with Crippen LogP contribution in [0.1, 0.15) is 40.5 Å². The third-order valence-electron chi connectivity index (χ3n) is 7.66. The van der Waals surface area contributed by atoms with Crippen LogP contribution < -0.4 is 5.69 Å². The lowest BCUT2D eigenvalue weighted by Gasteiger charge is -2.16. The second-order valence-corrected chi connectivity index (χ2v) is 10.3. The molecule has 1 unspecified atom stereocenters. The topological polar surface area (TPSA) is 151 Å². The number of nitrogens with zero attached hydrogens (tertiary/aromatic N) is 5. The highest BCUT2D eigenvalue weighted by atomic mass is 16.4. The zero-order valence-electron chi connectivity index (χ0n) is 21.9. The number of carboxylic acid groups (broad SMARTS) is 2. The molecule has 2 atom stereocenters. The SMILES string of the molecule is O=C(O)c1ccnc(CN2CC[C@H](n3c(=O)n(-c4ccc(C5=CCC(C(=O)O)C=C5)c(O)c4)c4cccnc43)C2)c1. The number of hydrogen-bond donors (Lipinski definition) is 3. The maximum absolute atomic E-state index is 13.9. The van der Waals surface area contributed by atoms with Gasteiger partial charge in [-0.15, -0.1) is 0 Å². The number of benzene rings is 1. The van der Waals surface area contributed by atoms with Gasteiger partial charge >= 0.3 is 17.6 Å². The first kappa shape index (κ1) is 26.2. The lowest BCUT2D eigenvalue weighted by molar-refractivity contribution is -0.139. The fourth-order valence-electron chi connectivity index (χ4n) is 5.63. The summed E-state index contributed by atoms with van der Waals surface area (Å²) in [6.45, 7) is 1.73. The van der Waals surface area contributed by atoms with Crippen LogP contribution in [0.25, 0.3) is 22.4 Å². The number of aromatic hydroxyl groups is 1. The van der Waals surface area contributed by atoms with Gasteiger partial charge in [-0.25, -0.2) is 14.6 Å². The number of phenolic OH excluding ortho intramolecular Hbond substituents is 1. The van der Waals surface area contributed by atoms with E-state index >= 15 is 0 Å². The summed E-state index contributed by atoms with van der Waals surface area (Å²) in [6, 6.07) is 11.5. The molecule has 4 aromatic rings. The van der Waals surface area contributed by atoms with Gasteiger partial charge in [0.15, 0.2) is 5.65 Å². The van der Waals surface area contributed by atoms with Crippen molar-refractivity contribution in [3.63, 3.8) is 0 Å². The molecule has 0 spiro atoms. The number of aliphatic carboxylic acids is 1. The summed E-state index contributed by atoms with van der Waals surface area (Å²) in [4.78, 5) is 47.4. The van der Waals surface area contributed by atoms with Gasteiger partial charge in [0.25, 0.3) is 0 Å². The fraction of sp³-hybridized carbons (Fsp3) is 0.233. The Balaban J connectivity index is 1.29. The maximum atomic E-state index is 13.9. The van der Waals surface area contributed by atoms with Crippen LogP contribution in [0.3, 0.4) is 0 Å². The van der Waals surface area contributed by atoms with Crippen molar-refractivity contribution >= 4 is 28.7 Å². The molecule has 1 saturated heterocycles. The summed E-state index contributed by atoms with van der Waals surface area (Å²) < 4.78 is 3.23. The molecule has 1 aromatic carbocycles. The molecule has 0 saturated carbocycles. The van der Waals surface area contributed by atoms with E-state index in [4.69, 9.17) is 0 Å². The first-order chi connectivity index (χ1) is 19.8. The molecule has 41 heavy (non-hydrogen) atoms.